The van der Waals surface area contributed by atoms with E-state index >= 15 is 0 Å². The fourth-order valence-electron chi connectivity index (χ4n) is 3.70. The lowest BCUT2D eigenvalue weighted by Gasteiger charge is -2.10. The van der Waals surface area contributed by atoms with Crippen LogP contribution in [0.25, 0.3) is 22.6 Å². The van der Waals surface area contributed by atoms with E-state index in [0.717, 1.165) is 11.4 Å². The van der Waals surface area contributed by atoms with E-state index in [1.807, 2.05) is 27.7 Å². The third-order valence-electron chi connectivity index (χ3n) is 5.16. The van der Waals surface area contributed by atoms with Gasteiger partial charge in [-0.2, -0.15) is 4.98 Å². The molecule has 0 radical (unpaired) electrons. The van der Waals surface area contributed by atoms with Crippen LogP contribution in [0, 0.1) is 25.6 Å². The second kappa shape index (κ2) is 6.19. The Hall–Kier alpha value is -3.16. The number of fused-ring (bicyclic) bond motifs is 3. The lowest BCUT2D eigenvalue weighted by Crippen LogP contribution is -2.40. The van der Waals surface area contributed by atoms with Gasteiger partial charge in [-0.25, -0.2) is 9.18 Å². The molecule has 146 valence electrons. The maximum absolute atomic E-state index is 14.5. The molecule has 0 fully saturated rings. The molecule has 0 aliphatic carbocycles. The van der Waals surface area contributed by atoms with Crippen molar-refractivity contribution in [1.82, 2.24) is 23.1 Å². The van der Waals surface area contributed by atoms with E-state index in [-0.39, 0.29) is 22.9 Å². The van der Waals surface area contributed by atoms with E-state index in [1.54, 1.807) is 34.2 Å². The Bertz CT molecular complexity index is 1350. The molecule has 8 heteroatoms. The van der Waals surface area contributed by atoms with Gasteiger partial charge >= 0.3 is 5.69 Å². The van der Waals surface area contributed by atoms with E-state index in [1.165, 1.54) is 15.2 Å². The third kappa shape index (κ3) is 2.37. The van der Waals surface area contributed by atoms with Crippen molar-refractivity contribution < 1.29 is 4.39 Å². The smallest absolute Gasteiger partial charge is 0.280 e. The highest BCUT2D eigenvalue weighted by Crippen LogP contribution is 2.25. The molecule has 0 saturated carbocycles. The van der Waals surface area contributed by atoms with Gasteiger partial charge in [0.25, 0.3) is 5.56 Å². The topological polar surface area (TPSA) is 66.2 Å². The molecule has 0 unspecified atom stereocenters. The first kappa shape index (κ1) is 18.2. The molecule has 4 aromatic rings. The standard InChI is InChI=1S/C20H22FN5O2/c1-11(2)10-24-18(27)16-17(23(5)20(24)28)22-19-25(12(3)13(4)26(16)19)15-9-7-6-8-14(15)21/h6-9,11H,10H2,1-5H3. The maximum Gasteiger partial charge on any atom is 0.332 e. The van der Waals surface area contributed by atoms with Crippen molar-refractivity contribution in [2.24, 2.45) is 13.0 Å². The first-order valence-electron chi connectivity index (χ1n) is 9.18. The molecule has 0 N–H and O–H groups in total. The third-order valence-corrected chi connectivity index (χ3v) is 5.16. The molecule has 1 aromatic carbocycles. The lowest BCUT2D eigenvalue weighted by molar-refractivity contribution is 0.484. The first-order chi connectivity index (χ1) is 13.2. The van der Waals surface area contributed by atoms with Gasteiger partial charge in [-0.15, -0.1) is 0 Å². The molecular weight excluding hydrogens is 361 g/mol. The molecule has 28 heavy (non-hydrogen) atoms. The van der Waals surface area contributed by atoms with Crippen LogP contribution in [0.4, 0.5) is 4.39 Å². The minimum Gasteiger partial charge on any atom is -0.280 e. The Morgan fingerprint density at radius 3 is 2.43 bits per heavy atom. The van der Waals surface area contributed by atoms with Crippen molar-refractivity contribution in [3.63, 3.8) is 0 Å². The van der Waals surface area contributed by atoms with Gasteiger partial charge in [-0.05, 0) is 31.9 Å². The molecular formula is C20H22FN5O2. The van der Waals surface area contributed by atoms with Crippen molar-refractivity contribution >= 4 is 16.9 Å². The lowest BCUT2D eigenvalue weighted by atomic mass is 10.2. The summed E-state index contributed by atoms with van der Waals surface area (Å²) in [6, 6.07) is 6.42. The Balaban J connectivity index is 2.20. The van der Waals surface area contributed by atoms with E-state index < -0.39 is 5.69 Å². The number of imidazole rings is 2. The number of aryl methyl sites for hydroxylation is 2. The highest BCUT2D eigenvalue weighted by molar-refractivity contribution is 5.77. The van der Waals surface area contributed by atoms with Crippen molar-refractivity contribution in [2.75, 3.05) is 0 Å². The van der Waals surface area contributed by atoms with Crippen LogP contribution < -0.4 is 11.2 Å². The number of para-hydroxylation sites is 1. The molecule has 0 bridgehead atoms. The summed E-state index contributed by atoms with van der Waals surface area (Å²) in [5, 5.41) is 0. The van der Waals surface area contributed by atoms with Crippen LogP contribution in [-0.2, 0) is 13.6 Å². The molecule has 0 saturated heterocycles. The van der Waals surface area contributed by atoms with Gasteiger partial charge in [0.15, 0.2) is 11.2 Å². The zero-order chi connectivity index (χ0) is 20.3. The SMILES string of the molecule is Cc1c(C)n2c3c(=O)n(CC(C)C)c(=O)n(C)c3nc2n1-c1ccccc1F. The van der Waals surface area contributed by atoms with E-state index in [9.17, 15) is 14.0 Å². The van der Waals surface area contributed by atoms with Crippen LogP contribution in [0.15, 0.2) is 33.9 Å². The molecule has 0 amide bonds. The van der Waals surface area contributed by atoms with Crippen LogP contribution in [0.3, 0.4) is 0 Å². The van der Waals surface area contributed by atoms with Gasteiger partial charge in [0, 0.05) is 25.0 Å². The molecule has 0 aliphatic heterocycles. The van der Waals surface area contributed by atoms with Crippen molar-refractivity contribution in [3.8, 4) is 5.69 Å². The Kier molecular flexibility index (Phi) is 4.02. The highest BCUT2D eigenvalue weighted by Gasteiger charge is 2.24. The number of hydrogen-bond donors (Lipinski definition) is 0. The zero-order valence-corrected chi connectivity index (χ0v) is 16.5. The normalized spacial score (nSPS) is 12.0. The number of nitrogens with zero attached hydrogens (tertiary/aromatic N) is 5. The molecule has 0 aliphatic rings. The van der Waals surface area contributed by atoms with Crippen molar-refractivity contribution in [2.45, 2.75) is 34.2 Å². The summed E-state index contributed by atoms with van der Waals surface area (Å²) < 4.78 is 20.5. The molecule has 7 nitrogen and oxygen atoms in total. The maximum atomic E-state index is 14.5. The summed E-state index contributed by atoms with van der Waals surface area (Å²) in [6.07, 6.45) is 0. The largest absolute Gasteiger partial charge is 0.332 e. The summed E-state index contributed by atoms with van der Waals surface area (Å²) >= 11 is 0. The van der Waals surface area contributed by atoms with Gasteiger partial charge in [-0.3, -0.25) is 22.9 Å². The zero-order valence-electron chi connectivity index (χ0n) is 16.5. The summed E-state index contributed by atoms with van der Waals surface area (Å²) in [5.41, 5.74) is 1.73. The summed E-state index contributed by atoms with van der Waals surface area (Å²) in [4.78, 5) is 30.5. The van der Waals surface area contributed by atoms with Crippen molar-refractivity contribution in [3.05, 3.63) is 62.3 Å². The van der Waals surface area contributed by atoms with Gasteiger partial charge in [0.1, 0.15) is 5.82 Å². The first-order valence-corrected chi connectivity index (χ1v) is 9.18. The second-order valence-corrected chi connectivity index (χ2v) is 7.53. The quantitative estimate of drug-likeness (QED) is 0.546. The minimum atomic E-state index is -0.404. The summed E-state index contributed by atoms with van der Waals surface area (Å²) in [5.74, 6) is 0.155. The van der Waals surface area contributed by atoms with Crippen molar-refractivity contribution in [1.29, 1.82) is 0 Å². The molecule has 0 atom stereocenters. The monoisotopic (exact) mass is 383 g/mol. The Morgan fingerprint density at radius 1 is 1.11 bits per heavy atom. The van der Waals surface area contributed by atoms with Crippen LogP contribution in [0.1, 0.15) is 25.2 Å². The Morgan fingerprint density at radius 2 is 1.79 bits per heavy atom. The van der Waals surface area contributed by atoms with Crippen LogP contribution >= 0.6 is 0 Å². The van der Waals surface area contributed by atoms with Crippen LogP contribution in [0.2, 0.25) is 0 Å². The van der Waals surface area contributed by atoms with E-state index in [0.29, 0.717) is 23.5 Å². The Labute approximate surface area is 160 Å². The van der Waals surface area contributed by atoms with Gasteiger partial charge in [-0.1, -0.05) is 26.0 Å². The fraction of sp³-hybridized carbons (Fsp3) is 0.350. The van der Waals surface area contributed by atoms with E-state index in [2.05, 4.69) is 4.98 Å². The number of benzene rings is 1. The van der Waals surface area contributed by atoms with Gasteiger partial charge in [0.2, 0.25) is 5.78 Å². The number of aromatic nitrogens is 5. The molecule has 3 heterocycles. The molecule has 3 aromatic heterocycles. The van der Waals surface area contributed by atoms with Gasteiger partial charge in [0.05, 0.1) is 5.69 Å². The predicted octanol–water partition coefficient (Wildman–Crippen LogP) is 2.55. The number of hydrogen-bond acceptors (Lipinski definition) is 3. The second-order valence-electron chi connectivity index (χ2n) is 7.53. The highest BCUT2D eigenvalue weighted by atomic mass is 19.1. The van der Waals surface area contributed by atoms with E-state index in [4.69, 9.17) is 0 Å². The number of rotatable bonds is 3. The summed E-state index contributed by atoms with van der Waals surface area (Å²) in [7, 11) is 1.60. The van der Waals surface area contributed by atoms with Crippen LogP contribution in [0.5, 0.6) is 0 Å². The van der Waals surface area contributed by atoms with Crippen LogP contribution in [-0.4, -0.2) is 23.1 Å². The predicted molar refractivity (Wildman–Crippen MR) is 106 cm³/mol. The fourth-order valence-corrected chi connectivity index (χ4v) is 3.70. The summed E-state index contributed by atoms with van der Waals surface area (Å²) in [6.45, 7) is 7.94. The molecule has 4 rings (SSSR count). The molecule has 0 spiro atoms. The average molecular weight is 383 g/mol. The average Bonchev–Trinajstić information content (AvgIpc) is 3.14. The minimum absolute atomic E-state index is 0.136. The number of halogens is 1. The van der Waals surface area contributed by atoms with Gasteiger partial charge < -0.3 is 0 Å².